The minimum Gasteiger partial charge on any atom is -0.380 e. The van der Waals surface area contributed by atoms with E-state index in [0.29, 0.717) is 42.9 Å². The number of nitrogens with zero attached hydrogens (tertiary/aromatic N) is 3. The van der Waals surface area contributed by atoms with Crippen molar-refractivity contribution in [3.63, 3.8) is 0 Å². The number of benzene rings is 1. The number of hydrogen-bond donors (Lipinski definition) is 1. The zero-order valence-electron chi connectivity index (χ0n) is 13.6. The second kappa shape index (κ2) is 7.53. The maximum absolute atomic E-state index is 14.4. The van der Waals surface area contributed by atoms with Crippen molar-refractivity contribution in [1.82, 2.24) is 9.88 Å². The van der Waals surface area contributed by atoms with Crippen molar-refractivity contribution >= 4 is 40.2 Å². The number of carbonyl (C=O) groups is 1. The van der Waals surface area contributed by atoms with Gasteiger partial charge in [0.25, 0.3) is 0 Å². The monoisotopic (exact) mass is 386 g/mol. The van der Waals surface area contributed by atoms with E-state index >= 15 is 0 Å². The van der Waals surface area contributed by atoms with E-state index in [9.17, 15) is 13.6 Å². The second-order valence-electron chi connectivity index (χ2n) is 5.71. The normalized spacial score (nSPS) is 14.7. The van der Waals surface area contributed by atoms with Crippen molar-refractivity contribution in [3.05, 3.63) is 39.3 Å². The molecule has 1 aromatic heterocycles. The summed E-state index contributed by atoms with van der Waals surface area (Å²) in [5.74, 6) is -1.27. The Morgan fingerprint density at radius 2 is 1.92 bits per heavy atom. The van der Waals surface area contributed by atoms with Crippen LogP contribution in [-0.2, 0) is 11.3 Å². The highest BCUT2D eigenvalue weighted by atomic mass is 35.5. The van der Waals surface area contributed by atoms with Gasteiger partial charge in [0.15, 0.2) is 16.1 Å². The summed E-state index contributed by atoms with van der Waals surface area (Å²) in [6.45, 7) is 3.60. The molecule has 2 heterocycles. The fourth-order valence-electron chi connectivity index (χ4n) is 2.77. The number of rotatable bonds is 4. The highest BCUT2D eigenvalue weighted by molar-refractivity contribution is 7.15. The number of thiazole rings is 1. The van der Waals surface area contributed by atoms with E-state index in [1.165, 1.54) is 30.4 Å². The van der Waals surface area contributed by atoms with Crippen molar-refractivity contribution < 1.29 is 13.6 Å². The number of aromatic nitrogens is 1. The highest BCUT2D eigenvalue weighted by Gasteiger charge is 2.24. The quantitative estimate of drug-likeness (QED) is 0.875. The first-order valence-electron chi connectivity index (χ1n) is 7.77. The van der Waals surface area contributed by atoms with Gasteiger partial charge < -0.3 is 15.1 Å². The van der Waals surface area contributed by atoms with Gasteiger partial charge in [0.1, 0.15) is 5.69 Å². The molecule has 0 unspecified atom stereocenters. The number of anilines is 2. The SMILES string of the molecule is CC(=O)N1CCN(c2c(F)cc(NCc3cnc(Cl)s3)cc2F)CC1. The summed E-state index contributed by atoms with van der Waals surface area (Å²) in [5, 5.41) is 2.97. The zero-order chi connectivity index (χ0) is 18.0. The molecule has 1 fully saturated rings. The lowest BCUT2D eigenvalue weighted by Gasteiger charge is -2.35. The van der Waals surface area contributed by atoms with Gasteiger partial charge >= 0.3 is 0 Å². The third-order valence-electron chi connectivity index (χ3n) is 4.05. The van der Waals surface area contributed by atoms with E-state index < -0.39 is 11.6 Å². The lowest BCUT2D eigenvalue weighted by Crippen LogP contribution is -2.48. The van der Waals surface area contributed by atoms with Gasteiger partial charge in [-0.25, -0.2) is 13.8 Å². The highest BCUT2D eigenvalue weighted by Crippen LogP contribution is 2.28. The van der Waals surface area contributed by atoms with Crippen LogP contribution in [0.4, 0.5) is 20.2 Å². The second-order valence-corrected chi connectivity index (χ2v) is 7.41. The first-order chi connectivity index (χ1) is 11.9. The molecular formula is C16H17ClF2N4OS. The molecule has 2 aromatic rings. The van der Waals surface area contributed by atoms with Gasteiger partial charge in [0.2, 0.25) is 5.91 Å². The Morgan fingerprint density at radius 1 is 1.28 bits per heavy atom. The average Bonchev–Trinajstić information content (AvgIpc) is 2.98. The molecule has 9 heteroatoms. The summed E-state index contributed by atoms with van der Waals surface area (Å²) in [4.78, 5) is 19.4. The Kier molecular flexibility index (Phi) is 5.39. The minimum atomic E-state index is -0.624. The number of hydrogen-bond acceptors (Lipinski definition) is 5. The Bertz CT molecular complexity index is 754. The van der Waals surface area contributed by atoms with Crippen LogP contribution in [0.1, 0.15) is 11.8 Å². The van der Waals surface area contributed by atoms with E-state index in [2.05, 4.69) is 10.3 Å². The van der Waals surface area contributed by atoms with Crippen LogP contribution >= 0.6 is 22.9 Å². The van der Waals surface area contributed by atoms with Gasteiger partial charge in [-0.3, -0.25) is 4.79 Å². The van der Waals surface area contributed by atoms with Crippen LogP contribution < -0.4 is 10.2 Å². The van der Waals surface area contributed by atoms with E-state index in [-0.39, 0.29) is 11.6 Å². The van der Waals surface area contributed by atoms with Crippen molar-refractivity contribution in [1.29, 1.82) is 0 Å². The molecule has 0 spiro atoms. The first kappa shape index (κ1) is 17.9. The van der Waals surface area contributed by atoms with Crippen LogP contribution in [0.2, 0.25) is 4.47 Å². The number of carbonyl (C=O) groups excluding carboxylic acids is 1. The molecule has 1 aliphatic heterocycles. The van der Waals surface area contributed by atoms with Gasteiger partial charge in [-0.05, 0) is 12.1 Å². The standard InChI is InChI=1S/C16H17ClF2N4OS/c1-10(24)22-2-4-23(5-3-22)15-13(18)6-11(7-14(15)19)20-8-12-9-21-16(17)25-12/h6-7,9,20H,2-5,8H2,1H3. The van der Waals surface area contributed by atoms with E-state index in [1.54, 1.807) is 16.0 Å². The molecule has 1 aromatic carbocycles. The number of halogens is 3. The van der Waals surface area contributed by atoms with Crippen LogP contribution in [0.5, 0.6) is 0 Å². The summed E-state index contributed by atoms with van der Waals surface area (Å²) in [7, 11) is 0. The van der Waals surface area contributed by atoms with E-state index in [1.807, 2.05) is 0 Å². The molecule has 1 aliphatic rings. The van der Waals surface area contributed by atoms with Gasteiger partial charge in [-0.15, -0.1) is 11.3 Å². The molecule has 0 radical (unpaired) electrons. The summed E-state index contributed by atoms with van der Waals surface area (Å²) >= 11 is 7.07. The van der Waals surface area contributed by atoms with Crippen molar-refractivity contribution in [2.45, 2.75) is 13.5 Å². The van der Waals surface area contributed by atoms with Crippen molar-refractivity contribution in [2.75, 3.05) is 36.4 Å². The Balaban J connectivity index is 1.69. The molecular weight excluding hydrogens is 370 g/mol. The van der Waals surface area contributed by atoms with Crippen molar-refractivity contribution in [2.24, 2.45) is 0 Å². The molecule has 5 nitrogen and oxygen atoms in total. The van der Waals surface area contributed by atoms with E-state index in [0.717, 1.165) is 4.88 Å². The predicted molar refractivity (Wildman–Crippen MR) is 95.3 cm³/mol. The molecule has 3 rings (SSSR count). The van der Waals surface area contributed by atoms with Gasteiger partial charge in [0, 0.05) is 49.9 Å². The third-order valence-corrected chi connectivity index (χ3v) is 5.17. The molecule has 0 atom stereocenters. The molecule has 0 bridgehead atoms. The summed E-state index contributed by atoms with van der Waals surface area (Å²) in [6.07, 6.45) is 1.62. The van der Waals surface area contributed by atoms with Crippen LogP contribution in [-0.4, -0.2) is 42.0 Å². The summed E-state index contributed by atoms with van der Waals surface area (Å²) < 4.78 is 29.3. The molecule has 0 saturated carbocycles. The maximum Gasteiger partial charge on any atom is 0.219 e. The molecule has 25 heavy (non-hydrogen) atoms. The molecule has 1 saturated heterocycles. The smallest absolute Gasteiger partial charge is 0.219 e. The molecule has 0 aliphatic carbocycles. The molecule has 134 valence electrons. The Labute approximate surface area is 153 Å². The number of amides is 1. The summed E-state index contributed by atoms with van der Waals surface area (Å²) in [5.41, 5.74) is 0.306. The van der Waals surface area contributed by atoms with Gasteiger partial charge in [-0.2, -0.15) is 0 Å². The lowest BCUT2D eigenvalue weighted by molar-refractivity contribution is -0.129. The third kappa shape index (κ3) is 4.19. The minimum absolute atomic E-state index is 0.0247. The van der Waals surface area contributed by atoms with Crippen LogP contribution in [0.15, 0.2) is 18.3 Å². The van der Waals surface area contributed by atoms with Gasteiger partial charge in [0.05, 0.1) is 6.54 Å². The predicted octanol–water partition coefficient (Wildman–Crippen LogP) is 3.36. The maximum atomic E-state index is 14.4. The average molecular weight is 387 g/mol. The Hall–Kier alpha value is -1.93. The molecule has 1 amide bonds. The summed E-state index contributed by atoms with van der Waals surface area (Å²) in [6, 6.07) is 2.55. The largest absolute Gasteiger partial charge is 0.380 e. The molecule has 1 N–H and O–H groups in total. The number of piperazine rings is 1. The zero-order valence-corrected chi connectivity index (χ0v) is 15.1. The van der Waals surface area contributed by atoms with Crippen LogP contribution in [0.25, 0.3) is 0 Å². The Morgan fingerprint density at radius 3 is 2.44 bits per heavy atom. The first-order valence-corrected chi connectivity index (χ1v) is 8.97. The fraction of sp³-hybridized carbons (Fsp3) is 0.375. The topological polar surface area (TPSA) is 48.5 Å². The fourth-order valence-corrected chi connectivity index (χ4v) is 3.69. The lowest BCUT2D eigenvalue weighted by atomic mass is 10.2. The number of nitrogens with one attached hydrogen (secondary N) is 1. The van der Waals surface area contributed by atoms with Gasteiger partial charge in [-0.1, -0.05) is 11.6 Å². The van der Waals surface area contributed by atoms with E-state index in [4.69, 9.17) is 11.6 Å². The van der Waals surface area contributed by atoms with Crippen LogP contribution in [0.3, 0.4) is 0 Å². The van der Waals surface area contributed by atoms with Crippen molar-refractivity contribution in [3.8, 4) is 0 Å². The van der Waals surface area contributed by atoms with Crippen LogP contribution in [0, 0.1) is 11.6 Å².